The summed E-state index contributed by atoms with van der Waals surface area (Å²) in [6.45, 7) is 8.32. The Morgan fingerprint density at radius 2 is 1.94 bits per heavy atom. The van der Waals surface area contributed by atoms with Crippen molar-refractivity contribution in [3.05, 3.63) is 64.5 Å². The third-order valence-electron chi connectivity index (χ3n) is 7.98. The summed E-state index contributed by atoms with van der Waals surface area (Å²) in [4.78, 5) is 22.5. The Labute approximate surface area is 198 Å². The highest BCUT2D eigenvalue weighted by molar-refractivity contribution is 6.31. The maximum absolute atomic E-state index is 13.6. The highest BCUT2D eigenvalue weighted by atomic mass is 35.5. The monoisotopic (exact) mass is 462 g/mol. The zero-order valence-electron chi connectivity index (χ0n) is 19.3. The average molecular weight is 463 g/mol. The van der Waals surface area contributed by atoms with Crippen LogP contribution in [0.3, 0.4) is 0 Å². The number of aliphatic hydroxyl groups is 1. The van der Waals surface area contributed by atoms with Crippen LogP contribution in [0.2, 0.25) is 5.02 Å². The van der Waals surface area contributed by atoms with Gasteiger partial charge in [0.25, 0.3) is 0 Å². The number of carbonyl (C=O) groups is 1. The van der Waals surface area contributed by atoms with Gasteiger partial charge >= 0.3 is 0 Å². The Kier molecular flexibility index (Phi) is 5.02. The number of benzene rings is 2. The molecular formula is C27H27ClN2O3. The smallest absolute Gasteiger partial charge is 0.238 e. The van der Waals surface area contributed by atoms with Crippen LogP contribution in [0.1, 0.15) is 51.7 Å². The molecule has 2 aliphatic rings. The number of aromatic nitrogens is 2. The Bertz CT molecular complexity index is 1330. The fourth-order valence-electron chi connectivity index (χ4n) is 5.51. The third-order valence-corrected chi connectivity index (χ3v) is 8.22. The number of halogens is 1. The van der Waals surface area contributed by atoms with E-state index < -0.39 is 5.41 Å². The summed E-state index contributed by atoms with van der Waals surface area (Å²) in [7, 11) is 0. The highest BCUT2D eigenvalue weighted by Gasteiger charge is 2.61. The molecular weight excluding hydrogens is 436 g/mol. The summed E-state index contributed by atoms with van der Waals surface area (Å²) in [5, 5.41) is 12.0. The van der Waals surface area contributed by atoms with Gasteiger partial charge in [0.15, 0.2) is 5.78 Å². The molecule has 2 aliphatic carbocycles. The zero-order valence-corrected chi connectivity index (χ0v) is 20.0. The quantitative estimate of drug-likeness (QED) is 0.455. The van der Waals surface area contributed by atoms with Crippen LogP contribution in [0.5, 0.6) is 11.6 Å². The average Bonchev–Trinajstić information content (AvgIpc) is 2.97. The molecule has 0 spiro atoms. The topological polar surface area (TPSA) is 72.3 Å². The van der Waals surface area contributed by atoms with Crippen LogP contribution in [-0.2, 0) is 11.2 Å². The zero-order chi connectivity index (χ0) is 23.5. The number of hydrogen-bond acceptors (Lipinski definition) is 5. The first-order valence-corrected chi connectivity index (χ1v) is 11.7. The van der Waals surface area contributed by atoms with Crippen molar-refractivity contribution in [1.82, 2.24) is 9.97 Å². The second-order valence-corrected chi connectivity index (χ2v) is 10.3. The molecule has 2 bridgehead atoms. The first kappa shape index (κ1) is 21.9. The summed E-state index contributed by atoms with van der Waals surface area (Å²) in [5.41, 5.74) is 2.85. The highest BCUT2D eigenvalue weighted by Crippen LogP contribution is 2.64. The number of allylic oxidation sites excluding steroid dienone is 2. The number of carbonyl (C=O) groups excluding carboxylic acids is 1. The van der Waals surface area contributed by atoms with Gasteiger partial charge in [0.2, 0.25) is 5.88 Å². The summed E-state index contributed by atoms with van der Waals surface area (Å²) in [6.07, 6.45) is 3.89. The van der Waals surface area contributed by atoms with Crippen LogP contribution in [0.15, 0.2) is 48.4 Å². The van der Waals surface area contributed by atoms with Crippen molar-refractivity contribution in [2.45, 2.75) is 47.0 Å². The Morgan fingerprint density at radius 3 is 2.70 bits per heavy atom. The number of fused-ring (bicyclic) bond motifs is 3. The minimum Gasteiger partial charge on any atom is -0.511 e. The normalized spacial score (nSPS) is 23.9. The Balaban J connectivity index is 1.57. The SMILES string of the molecule is CCc1ccc(Oc2cnc3cc(Cl)ccc3n2)cc1C1=C(O)[C@@]2(C)CC[C@@H](C1=O)C2(C)C. The van der Waals surface area contributed by atoms with Crippen molar-refractivity contribution >= 4 is 34.0 Å². The fraction of sp³-hybridized carbons (Fsp3) is 0.370. The van der Waals surface area contributed by atoms with Crippen LogP contribution in [0, 0.1) is 16.7 Å². The lowest BCUT2D eigenvalue weighted by Crippen LogP contribution is -2.43. The number of Topliss-reactive ketones (excluding diaryl/α,β-unsaturated/α-hetero) is 1. The molecule has 1 heterocycles. The van der Waals surface area contributed by atoms with E-state index >= 15 is 0 Å². The van der Waals surface area contributed by atoms with E-state index in [1.54, 1.807) is 24.4 Å². The lowest BCUT2D eigenvalue weighted by atomic mass is 9.58. The maximum atomic E-state index is 13.6. The lowest BCUT2D eigenvalue weighted by molar-refractivity contribution is -0.122. The van der Waals surface area contributed by atoms with Gasteiger partial charge < -0.3 is 9.84 Å². The molecule has 33 heavy (non-hydrogen) atoms. The predicted octanol–water partition coefficient (Wildman–Crippen LogP) is 6.93. The van der Waals surface area contributed by atoms with Gasteiger partial charge in [-0.25, -0.2) is 9.97 Å². The van der Waals surface area contributed by atoms with E-state index in [2.05, 4.69) is 30.7 Å². The molecule has 0 radical (unpaired) electrons. The molecule has 0 unspecified atom stereocenters. The molecule has 5 nitrogen and oxygen atoms in total. The molecule has 1 saturated carbocycles. The predicted molar refractivity (Wildman–Crippen MR) is 130 cm³/mol. The molecule has 0 amide bonds. The largest absolute Gasteiger partial charge is 0.511 e. The van der Waals surface area contributed by atoms with Gasteiger partial charge in [-0.3, -0.25) is 4.79 Å². The number of hydrogen-bond donors (Lipinski definition) is 1. The third kappa shape index (κ3) is 3.24. The van der Waals surface area contributed by atoms with E-state index in [-0.39, 0.29) is 22.9 Å². The van der Waals surface area contributed by atoms with Crippen molar-refractivity contribution in [3.8, 4) is 11.6 Å². The van der Waals surface area contributed by atoms with Gasteiger partial charge in [0.1, 0.15) is 11.5 Å². The first-order valence-electron chi connectivity index (χ1n) is 11.4. The van der Waals surface area contributed by atoms with E-state index in [9.17, 15) is 9.90 Å². The van der Waals surface area contributed by atoms with Gasteiger partial charge in [-0.1, -0.05) is 45.4 Å². The number of aliphatic hydroxyl groups excluding tert-OH is 1. The van der Waals surface area contributed by atoms with Gasteiger partial charge in [-0.15, -0.1) is 0 Å². The Hall–Kier alpha value is -2.92. The molecule has 3 aromatic rings. The van der Waals surface area contributed by atoms with Crippen LogP contribution in [0.25, 0.3) is 16.6 Å². The first-order chi connectivity index (χ1) is 15.7. The van der Waals surface area contributed by atoms with E-state index in [1.165, 1.54) is 0 Å². The van der Waals surface area contributed by atoms with Gasteiger partial charge in [-0.05, 0) is 66.1 Å². The molecule has 0 aliphatic heterocycles. The molecule has 0 saturated heterocycles. The van der Waals surface area contributed by atoms with Crippen molar-refractivity contribution in [3.63, 3.8) is 0 Å². The summed E-state index contributed by atoms with van der Waals surface area (Å²) < 4.78 is 6.03. The van der Waals surface area contributed by atoms with Gasteiger partial charge in [0, 0.05) is 16.4 Å². The number of ketones is 1. The van der Waals surface area contributed by atoms with Crippen molar-refractivity contribution in [2.24, 2.45) is 16.7 Å². The number of rotatable bonds is 4. The number of aryl methyl sites for hydroxylation is 1. The van der Waals surface area contributed by atoms with Gasteiger partial charge in [-0.2, -0.15) is 0 Å². The van der Waals surface area contributed by atoms with E-state index in [0.29, 0.717) is 33.3 Å². The minimum absolute atomic E-state index is 0.0294. The molecule has 1 fully saturated rings. The van der Waals surface area contributed by atoms with E-state index in [1.807, 2.05) is 25.1 Å². The molecule has 5 rings (SSSR count). The van der Waals surface area contributed by atoms with Crippen molar-refractivity contribution < 1.29 is 14.6 Å². The van der Waals surface area contributed by atoms with E-state index in [0.717, 1.165) is 30.4 Å². The molecule has 2 aromatic carbocycles. The van der Waals surface area contributed by atoms with Crippen LogP contribution < -0.4 is 4.74 Å². The molecule has 2 atom stereocenters. The van der Waals surface area contributed by atoms with Crippen molar-refractivity contribution in [2.75, 3.05) is 0 Å². The molecule has 170 valence electrons. The number of ether oxygens (including phenoxy) is 1. The fourth-order valence-corrected chi connectivity index (χ4v) is 5.67. The second-order valence-electron chi connectivity index (χ2n) is 9.85. The van der Waals surface area contributed by atoms with E-state index in [4.69, 9.17) is 16.3 Å². The molecule has 1 N–H and O–H groups in total. The maximum Gasteiger partial charge on any atom is 0.238 e. The van der Waals surface area contributed by atoms with Crippen LogP contribution in [-0.4, -0.2) is 20.9 Å². The summed E-state index contributed by atoms with van der Waals surface area (Å²) in [6, 6.07) is 11.0. The van der Waals surface area contributed by atoms with Crippen LogP contribution >= 0.6 is 11.6 Å². The Morgan fingerprint density at radius 1 is 1.15 bits per heavy atom. The minimum atomic E-state index is -0.423. The van der Waals surface area contributed by atoms with Gasteiger partial charge in [0.05, 0.1) is 22.8 Å². The number of nitrogens with zero attached hydrogens (tertiary/aromatic N) is 2. The summed E-state index contributed by atoms with van der Waals surface area (Å²) >= 11 is 6.03. The lowest BCUT2D eigenvalue weighted by Gasteiger charge is -2.45. The molecule has 6 heteroatoms. The standard InChI is InChI=1S/C27H27ClN2O3/c1-5-15-6-8-17(33-22-14-29-21-12-16(28)7-9-20(21)30-22)13-18(15)23-24(31)19-10-11-27(4,25(23)32)26(19,2)3/h6-9,12-14,19,32H,5,10-11H2,1-4H3/t19-,27+/m0/s1. The summed E-state index contributed by atoms with van der Waals surface area (Å²) in [5.74, 6) is 1.03. The second kappa shape index (κ2) is 7.56. The van der Waals surface area contributed by atoms with Crippen LogP contribution in [0.4, 0.5) is 0 Å². The van der Waals surface area contributed by atoms with Crippen molar-refractivity contribution in [1.29, 1.82) is 0 Å². The molecule has 1 aromatic heterocycles.